The van der Waals surface area contributed by atoms with E-state index in [0.717, 1.165) is 5.92 Å². The van der Waals surface area contributed by atoms with Crippen LogP contribution in [0, 0.1) is 5.92 Å². The molecular formula is C11H21N. The molecule has 0 radical (unpaired) electrons. The van der Waals surface area contributed by atoms with Crippen LogP contribution in [0.3, 0.4) is 0 Å². The lowest BCUT2D eigenvalue weighted by Crippen LogP contribution is -2.21. The molecule has 1 nitrogen and oxygen atoms in total. The Morgan fingerprint density at radius 3 is 2.42 bits per heavy atom. The third-order valence-electron chi connectivity index (χ3n) is 2.40. The first-order valence-corrected chi connectivity index (χ1v) is 5.16. The monoisotopic (exact) mass is 167 g/mol. The van der Waals surface area contributed by atoms with Crippen molar-refractivity contribution in [1.29, 1.82) is 0 Å². The van der Waals surface area contributed by atoms with Crippen LogP contribution in [0.25, 0.3) is 0 Å². The molecule has 0 saturated heterocycles. The van der Waals surface area contributed by atoms with E-state index >= 15 is 0 Å². The summed E-state index contributed by atoms with van der Waals surface area (Å²) in [5.41, 5.74) is 0. The van der Waals surface area contributed by atoms with E-state index in [1.54, 1.807) is 0 Å². The largest absolute Gasteiger partial charge is 0.296 e. The SMILES string of the molecule is CC(C)CCCCN1CC=CC1. The van der Waals surface area contributed by atoms with Gasteiger partial charge in [0.05, 0.1) is 0 Å². The highest BCUT2D eigenvalue weighted by atomic mass is 15.1. The molecule has 70 valence electrons. The Kier molecular flexibility index (Phi) is 4.37. The zero-order chi connectivity index (χ0) is 8.81. The van der Waals surface area contributed by atoms with Gasteiger partial charge in [0.15, 0.2) is 0 Å². The average Bonchev–Trinajstić information content (AvgIpc) is 2.49. The van der Waals surface area contributed by atoms with Crippen molar-refractivity contribution in [2.75, 3.05) is 19.6 Å². The Morgan fingerprint density at radius 1 is 1.17 bits per heavy atom. The molecule has 0 aromatic carbocycles. The van der Waals surface area contributed by atoms with Crippen LogP contribution in [0.5, 0.6) is 0 Å². The summed E-state index contributed by atoms with van der Waals surface area (Å²) in [6.45, 7) is 8.26. The summed E-state index contributed by atoms with van der Waals surface area (Å²) in [6.07, 6.45) is 8.69. The third-order valence-corrected chi connectivity index (χ3v) is 2.40. The van der Waals surface area contributed by atoms with E-state index in [1.807, 2.05) is 0 Å². The minimum atomic E-state index is 0.877. The molecule has 0 spiro atoms. The van der Waals surface area contributed by atoms with Crippen molar-refractivity contribution >= 4 is 0 Å². The van der Waals surface area contributed by atoms with Crippen LogP contribution in [0.4, 0.5) is 0 Å². The van der Waals surface area contributed by atoms with Gasteiger partial charge in [0, 0.05) is 13.1 Å². The minimum absolute atomic E-state index is 0.877. The van der Waals surface area contributed by atoms with Gasteiger partial charge in [-0.1, -0.05) is 38.8 Å². The van der Waals surface area contributed by atoms with Crippen LogP contribution in [0.2, 0.25) is 0 Å². The molecule has 0 atom stereocenters. The van der Waals surface area contributed by atoms with E-state index in [4.69, 9.17) is 0 Å². The molecule has 1 aliphatic rings. The zero-order valence-corrected chi connectivity index (χ0v) is 8.42. The first-order chi connectivity index (χ1) is 5.79. The number of hydrogen-bond donors (Lipinski definition) is 0. The number of hydrogen-bond acceptors (Lipinski definition) is 1. The maximum Gasteiger partial charge on any atom is 0.0166 e. The Morgan fingerprint density at radius 2 is 1.83 bits per heavy atom. The lowest BCUT2D eigenvalue weighted by Gasteiger charge is -2.14. The van der Waals surface area contributed by atoms with Gasteiger partial charge in [0.1, 0.15) is 0 Å². The molecule has 0 amide bonds. The Bertz CT molecular complexity index is 130. The molecule has 0 N–H and O–H groups in total. The summed E-state index contributed by atoms with van der Waals surface area (Å²) in [7, 11) is 0. The highest BCUT2D eigenvalue weighted by molar-refractivity contribution is 4.94. The molecule has 1 aliphatic heterocycles. The predicted octanol–water partition coefficient (Wildman–Crippen LogP) is 2.68. The average molecular weight is 167 g/mol. The highest BCUT2D eigenvalue weighted by Gasteiger charge is 2.04. The molecule has 0 aliphatic carbocycles. The molecule has 0 aromatic rings. The maximum absolute atomic E-state index is 2.50. The summed E-state index contributed by atoms with van der Waals surface area (Å²) >= 11 is 0. The smallest absolute Gasteiger partial charge is 0.0166 e. The van der Waals surface area contributed by atoms with Crippen LogP contribution in [0.15, 0.2) is 12.2 Å². The fourth-order valence-electron chi connectivity index (χ4n) is 1.59. The lowest BCUT2D eigenvalue weighted by molar-refractivity contribution is 0.336. The van der Waals surface area contributed by atoms with Crippen LogP contribution in [-0.2, 0) is 0 Å². The second kappa shape index (κ2) is 5.36. The molecule has 0 bridgehead atoms. The first kappa shape index (κ1) is 9.79. The number of unbranched alkanes of at least 4 members (excludes halogenated alkanes) is 1. The van der Waals surface area contributed by atoms with Crippen molar-refractivity contribution in [3.8, 4) is 0 Å². The van der Waals surface area contributed by atoms with Gasteiger partial charge in [-0.15, -0.1) is 0 Å². The number of nitrogens with zero attached hydrogens (tertiary/aromatic N) is 1. The van der Waals surface area contributed by atoms with Crippen LogP contribution in [0.1, 0.15) is 33.1 Å². The third kappa shape index (κ3) is 3.91. The molecule has 1 rings (SSSR count). The standard InChI is InChI=1S/C11H21N/c1-11(2)7-3-4-8-12-9-5-6-10-12/h5-6,11H,3-4,7-10H2,1-2H3. The molecule has 0 saturated carbocycles. The highest BCUT2D eigenvalue weighted by Crippen LogP contribution is 2.08. The fraction of sp³-hybridized carbons (Fsp3) is 0.818. The minimum Gasteiger partial charge on any atom is -0.296 e. The van der Waals surface area contributed by atoms with Gasteiger partial charge in [-0.3, -0.25) is 4.90 Å². The summed E-state index contributed by atoms with van der Waals surface area (Å²) < 4.78 is 0. The Labute approximate surface area is 76.5 Å². The number of rotatable bonds is 5. The van der Waals surface area contributed by atoms with Gasteiger partial charge >= 0.3 is 0 Å². The van der Waals surface area contributed by atoms with Gasteiger partial charge in [0.25, 0.3) is 0 Å². The van der Waals surface area contributed by atoms with Crippen LogP contribution >= 0.6 is 0 Å². The van der Waals surface area contributed by atoms with E-state index in [9.17, 15) is 0 Å². The first-order valence-electron chi connectivity index (χ1n) is 5.16. The molecule has 1 heteroatoms. The van der Waals surface area contributed by atoms with E-state index in [0.29, 0.717) is 0 Å². The predicted molar refractivity (Wildman–Crippen MR) is 54.3 cm³/mol. The van der Waals surface area contributed by atoms with Gasteiger partial charge in [-0.25, -0.2) is 0 Å². The van der Waals surface area contributed by atoms with Crippen molar-refractivity contribution < 1.29 is 0 Å². The summed E-state index contributed by atoms with van der Waals surface area (Å²) in [4.78, 5) is 2.50. The molecule has 0 unspecified atom stereocenters. The van der Waals surface area contributed by atoms with Crippen molar-refractivity contribution in [2.45, 2.75) is 33.1 Å². The molecule has 12 heavy (non-hydrogen) atoms. The van der Waals surface area contributed by atoms with Crippen molar-refractivity contribution in [3.63, 3.8) is 0 Å². The Hall–Kier alpha value is -0.300. The molecule has 0 aromatic heterocycles. The van der Waals surface area contributed by atoms with Crippen molar-refractivity contribution in [3.05, 3.63) is 12.2 Å². The summed E-state index contributed by atoms with van der Waals surface area (Å²) in [5.74, 6) is 0.877. The van der Waals surface area contributed by atoms with Gasteiger partial charge in [-0.05, 0) is 18.9 Å². The van der Waals surface area contributed by atoms with E-state index in [2.05, 4.69) is 30.9 Å². The van der Waals surface area contributed by atoms with E-state index in [-0.39, 0.29) is 0 Å². The van der Waals surface area contributed by atoms with Crippen LogP contribution < -0.4 is 0 Å². The summed E-state index contributed by atoms with van der Waals surface area (Å²) in [5, 5.41) is 0. The molecule has 0 fully saturated rings. The van der Waals surface area contributed by atoms with Gasteiger partial charge < -0.3 is 0 Å². The van der Waals surface area contributed by atoms with Gasteiger partial charge in [0.2, 0.25) is 0 Å². The van der Waals surface area contributed by atoms with E-state index in [1.165, 1.54) is 38.9 Å². The maximum atomic E-state index is 2.50. The van der Waals surface area contributed by atoms with Crippen molar-refractivity contribution in [1.82, 2.24) is 4.90 Å². The van der Waals surface area contributed by atoms with E-state index < -0.39 is 0 Å². The fourth-order valence-corrected chi connectivity index (χ4v) is 1.59. The van der Waals surface area contributed by atoms with Gasteiger partial charge in [-0.2, -0.15) is 0 Å². The normalized spacial score (nSPS) is 17.9. The zero-order valence-electron chi connectivity index (χ0n) is 8.42. The second-order valence-corrected chi connectivity index (χ2v) is 4.12. The second-order valence-electron chi connectivity index (χ2n) is 4.12. The lowest BCUT2D eigenvalue weighted by atomic mass is 10.1. The van der Waals surface area contributed by atoms with Crippen molar-refractivity contribution in [2.24, 2.45) is 5.92 Å². The van der Waals surface area contributed by atoms with Crippen LogP contribution in [-0.4, -0.2) is 24.5 Å². The topological polar surface area (TPSA) is 3.24 Å². The molecular weight excluding hydrogens is 146 g/mol. The summed E-state index contributed by atoms with van der Waals surface area (Å²) in [6, 6.07) is 0. The Balaban J connectivity index is 1.89. The molecule has 1 heterocycles. The quantitative estimate of drug-likeness (QED) is 0.449.